The maximum absolute atomic E-state index is 12.8. The van der Waals surface area contributed by atoms with Gasteiger partial charge in [0, 0.05) is 22.4 Å². The number of hydroxylamine groups is 1. The van der Waals surface area contributed by atoms with Crippen LogP contribution in [0.3, 0.4) is 0 Å². The molecule has 1 aliphatic heterocycles. The molecule has 2 aromatic heterocycles. The number of benzene rings is 1. The van der Waals surface area contributed by atoms with E-state index in [1.807, 2.05) is 62.0 Å². The Hall–Kier alpha value is -3.32. The first-order valence-corrected chi connectivity index (χ1v) is 12.6. The van der Waals surface area contributed by atoms with Crippen LogP contribution in [0, 0.1) is 32.6 Å². The molecule has 2 N–H and O–H groups in total. The van der Waals surface area contributed by atoms with Gasteiger partial charge in [0.2, 0.25) is 0 Å². The summed E-state index contributed by atoms with van der Waals surface area (Å²) in [6, 6.07) is 7.62. The zero-order valence-electron chi connectivity index (χ0n) is 21.5. The Morgan fingerprint density at radius 1 is 1.17 bits per heavy atom. The minimum Gasteiger partial charge on any atom is -0.460 e. The number of carbonyl (C=O) groups excluding carboxylic acids is 1. The van der Waals surface area contributed by atoms with Crippen molar-refractivity contribution in [2.75, 3.05) is 6.54 Å². The standard InChI is InChI=1S/C27H31N5O3S/c1-16-17(2)36-26-23(16)24(20-12-10-19(11-13-20)9-7-8-14-28-34)29-21(15-22(33)35-27(4,5)6)25-31-30-18(3)32(25)26/h10-13,21,28,34H,9,14-15H2,1-6H3/t21-/m0/s1. The van der Waals surface area contributed by atoms with Crippen molar-refractivity contribution >= 4 is 23.0 Å². The first kappa shape index (κ1) is 25.8. The number of nitrogens with zero attached hydrogens (tertiary/aromatic N) is 4. The Morgan fingerprint density at radius 2 is 1.89 bits per heavy atom. The summed E-state index contributed by atoms with van der Waals surface area (Å²) >= 11 is 1.68. The zero-order valence-corrected chi connectivity index (χ0v) is 22.3. The van der Waals surface area contributed by atoms with Crippen molar-refractivity contribution in [3.8, 4) is 16.8 Å². The van der Waals surface area contributed by atoms with E-state index in [1.54, 1.807) is 11.3 Å². The average Bonchev–Trinajstić information content (AvgIpc) is 3.28. The summed E-state index contributed by atoms with van der Waals surface area (Å²) in [5.41, 5.74) is 6.48. The van der Waals surface area contributed by atoms with Gasteiger partial charge in [0.1, 0.15) is 22.5 Å². The molecule has 1 atom stereocenters. The predicted octanol–water partition coefficient (Wildman–Crippen LogP) is 4.40. The van der Waals surface area contributed by atoms with Crippen LogP contribution in [0.2, 0.25) is 0 Å². The fourth-order valence-electron chi connectivity index (χ4n) is 4.11. The van der Waals surface area contributed by atoms with E-state index >= 15 is 0 Å². The minimum atomic E-state index is -0.587. The highest BCUT2D eigenvalue weighted by atomic mass is 32.1. The Labute approximate surface area is 215 Å². The maximum Gasteiger partial charge on any atom is 0.308 e. The van der Waals surface area contributed by atoms with E-state index in [1.165, 1.54) is 4.88 Å². The second-order valence-electron chi connectivity index (χ2n) is 9.75. The summed E-state index contributed by atoms with van der Waals surface area (Å²) in [6.07, 6.45) is 0.649. The van der Waals surface area contributed by atoms with Crippen LogP contribution in [0.25, 0.3) is 5.00 Å². The smallest absolute Gasteiger partial charge is 0.308 e. The third-order valence-electron chi connectivity index (χ3n) is 5.83. The number of aliphatic imine (C=N–C) groups is 1. The number of ether oxygens (including phenoxy) is 1. The van der Waals surface area contributed by atoms with E-state index in [-0.39, 0.29) is 18.9 Å². The van der Waals surface area contributed by atoms with Gasteiger partial charge in [-0.1, -0.05) is 36.1 Å². The number of carbonyl (C=O) groups is 1. The highest BCUT2D eigenvalue weighted by Crippen LogP contribution is 2.39. The van der Waals surface area contributed by atoms with Crippen molar-refractivity contribution in [1.29, 1.82) is 0 Å². The van der Waals surface area contributed by atoms with Crippen LogP contribution < -0.4 is 5.48 Å². The van der Waals surface area contributed by atoms with Gasteiger partial charge < -0.3 is 9.94 Å². The molecule has 0 saturated heterocycles. The van der Waals surface area contributed by atoms with Gasteiger partial charge in [0.25, 0.3) is 0 Å². The van der Waals surface area contributed by atoms with Crippen molar-refractivity contribution < 1.29 is 14.7 Å². The molecular weight excluding hydrogens is 474 g/mol. The second kappa shape index (κ2) is 10.3. The van der Waals surface area contributed by atoms with Crippen molar-refractivity contribution in [2.24, 2.45) is 4.99 Å². The number of thiophene rings is 1. The summed E-state index contributed by atoms with van der Waals surface area (Å²) in [7, 11) is 0. The molecule has 0 unspecified atom stereocenters. The lowest BCUT2D eigenvalue weighted by atomic mass is 9.98. The number of esters is 1. The van der Waals surface area contributed by atoms with Gasteiger partial charge in [-0.3, -0.25) is 14.4 Å². The second-order valence-corrected chi connectivity index (χ2v) is 11.0. The SMILES string of the molecule is Cc1sc2c(c1C)C(c1ccc(CC#CCNO)cc1)=N[C@@H](CC(=O)OC(C)(C)C)c1nnc(C)n1-2. The summed E-state index contributed by atoms with van der Waals surface area (Å²) in [6.45, 7) is 11.9. The Kier molecular flexibility index (Phi) is 7.41. The molecule has 8 nitrogen and oxygen atoms in total. The van der Waals surface area contributed by atoms with Crippen molar-refractivity contribution in [2.45, 2.75) is 66.0 Å². The molecule has 36 heavy (non-hydrogen) atoms. The molecule has 9 heteroatoms. The summed E-state index contributed by atoms with van der Waals surface area (Å²) in [4.78, 5) is 19.2. The number of hydrogen-bond acceptors (Lipinski definition) is 8. The van der Waals surface area contributed by atoms with Crippen LogP contribution in [0.15, 0.2) is 29.3 Å². The largest absolute Gasteiger partial charge is 0.460 e. The van der Waals surface area contributed by atoms with Gasteiger partial charge in [-0.25, -0.2) is 0 Å². The minimum absolute atomic E-state index is 0.0679. The van der Waals surface area contributed by atoms with Gasteiger partial charge in [-0.15, -0.1) is 21.5 Å². The van der Waals surface area contributed by atoms with E-state index < -0.39 is 11.6 Å². The molecule has 0 amide bonds. The van der Waals surface area contributed by atoms with E-state index in [9.17, 15) is 4.79 Å². The third-order valence-corrected chi connectivity index (χ3v) is 7.02. The molecule has 0 bridgehead atoms. The van der Waals surface area contributed by atoms with Crippen molar-refractivity contribution in [1.82, 2.24) is 20.2 Å². The molecule has 0 radical (unpaired) electrons. The maximum atomic E-state index is 12.8. The first-order valence-electron chi connectivity index (χ1n) is 11.8. The van der Waals surface area contributed by atoms with Crippen LogP contribution >= 0.6 is 11.3 Å². The summed E-state index contributed by atoms with van der Waals surface area (Å²) in [5, 5.41) is 18.4. The van der Waals surface area contributed by atoms with Crippen LogP contribution in [0.5, 0.6) is 0 Å². The van der Waals surface area contributed by atoms with Gasteiger partial charge in [0.15, 0.2) is 5.82 Å². The lowest BCUT2D eigenvalue weighted by Gasteiger charge is -2.21. The van der Waals surface area contributed by atoms with E-state index in [4.69, 9.17) is 14.9 Å². The Bertz CT molecular complexity index is 1370. The molecular formula is C27H31N5O3S. The van der Waals surface area contributed by atoms with E-state index in [2.05, 4.69) is 35.9 Å². The average molecular weight is 506 g/mol. The third kappa shape index (κ3) is 5.41. The Morgan fingerprint density at radius 3 is 2.56 bits per heavy atom. The van der Waals surface area contributed by atoms with Gasteiger partial charge in [-0.2, -0.15) is 5.48 Å². The quantitative estimate of drug-likeness (QED) is 0.303. The number of rotatable bonds is 5. The van der Waals surface area contributed by atoms with Crippen LogP contribution in [0.1, 0.15) is 72.0 Å². The Balaban J connectivity index is 1.80. The monoisotopic (exact) mass is 505 g/mol. The molecule has 0 spiro atoms. The topological polar surface area (TPSA) is 102 Å². The van der Waals surface area contributed by atoms with Crippen LogP contribution in [-0.2, 0) is 16.0 Å². The fraction of sp³-hybridized carbons (Fsp3) is 0.407. The lowest BCUT2D eigenvalue weighted by Crippen LogP contribution is -2.25. The molecule has 188 valence electrons. The molecule has 3 aromatic rings. The molecule has 1 aromatic carbocycles. The number of hydrogen-bond donors (Lipinski definition) is 2. The lowest BCUT2D eigenvalue weighted by molar-refractivity contribution is -0.155. The fourth-order valence-corrected chi connectivity index (χ4v) is 5.33. The predicted molar refractivity (Wildman–Crippen MR) is 140 cm³/mol. The normalized spacial score (nSPS) is 14.8. The zero-order chi connectivity index (χ0) is 26.0. The van der Waals surface area contributed by atoms with Crippen LogP contribution in [0.4, 0.5) is 0 Å². The summed E-state index contributed by atoms with van der Waals surface area (Å²) < 4.78 is 7.65. The number of fused-ring (bicyclic) bond motifs is 3. The van der Waals surface area contributed by atoms with E-state index in [0.29, 0.717) is 12.2 Å². The molecule has 4 rings (SSSR count). The molecule has 0 saturated carbocycles. The van der Waals surface area contributed by atoms with Gasteiger partial charge in [-0.05, 0) is 52.7 Å². The van der Waals surface area contributed by atoms with Crippen LogP contribution in [-0.4, -0.2) is 43.8 Å². The number of aryl methyl sites for hydroxylation is 2. The van der Waals surface area contributed by atoms with Crippen molar-refractivity contribution in [3.05, 3.63) is 63.0 Å². The first-order chi connectivity index (χ1) is 17.1. The van der Waals surface area contributed by atoms with Gasteiger partial charge in [0.05, 0.1) is 18.7 Å². The van der Waals surface area contributed by atoms with E-state index in [0.717, 1.165) is 38.8 Å². The number of nitrogens with one attached hydrogen (secondary N) is 1. The summed E-state index contributed by atoms with van der Waals surface area (Å²) in [5.74, 6) is 6.95. The molecule has 0 aliphatic carbocycles. The number of aromatic nitrogens is 3. The van der Waals surface area contributed by atoms with Gasteiger partial charge >= 0.3 is 5.97 Å². The molecule has 3 heterocycles. The molecule has 0 fully saturated rings. The highest BCUT2D eigenvalue weighted by Gasteiger charge is 2.33. The van der Waals surface area contributed by atoms with Crippen molar-refractivity contribution in [3.63, 3.8) is 0 Å². The molecule has 1 aliphatic rings. The highest BCUT2D eigenvalue weighted by molar-refractivity contribution is 7.15.